The highest BCUT2D eigenvalue weighted by molar-refractivity contribution is 7.85. The maximum atomic E-state index is 10.9. The van der Waals surface area contributed by atoms with Crippen LogP contribution in [0.1, 0.15) is 18.5 Å². The standard InChI is InChI=1S/C14H15NO3S/c1-11(12-5-3-2-4-6-12)15-13-7-9-14(10-8-13)19(16,17)18/h2-11,15H,1H3,(H,16,17,18). The summed E-state index contributed by atoms with van der Waals surface area (Å²) in [6, 6.07) is 16.0. The van der Waals surface area contributed by atoms with Crippen LogP contribution in [0.15, 0.2) is 59.5 Å². The van der Waals surface area contributed by atoms with Gasteiger partial charge in [-0.3, -0.25) is 4.55 Å². The number of hydrogen-bond acceptors (Lipinski definition) is 3. The summed E-state index contributed by atoms with van der Waals surface area (Å²) < 4.78 is 30.7. The number of nitrogens with one attached hydrogen (secondary N) is 1. The topological polar surface area (TPSA) is 66.4 Å². The number of benzene rings is 2. The van der Waals surface area contributed by atoms with Gasteiger partial charge in [-0.1, -0.05) is 30.3 Å². The van der Waals surface area contributed by atoms with Crippen molar-refractivity contribution in [2.24, 2.45) is 0 Å². The first-order valence-corrected chi connectivity index (χ1v) is 7.30. The lowest BCUT2D eigenvalue weighted by Crippen LogP contribution is -2.06. The second-order valence-corrected chi connectivity index (χ2v) is 5.70. The Morgan fingerprint density at radius 2 is 1.58 bits per heavy atom. The Balaban J connectivity index is 2.12. The molecule has 0 amide bonds. The molecule has 0 aliphatic heterocycles. The quantitative estimate of drug-likeness (QED) is 0.843. The van der Waals surface area contributed by atoms with Gasteiger partial charge in [-0.25, -0.2) is 0 Å². The second kappa shape index (κ2) is 5.42. The van der Waals surface area contributed by atoms with Crippen molar-refractivity contribution in [1.29, 1.82) is 0 Å². The molecule has 0 heterocycles. The van der Waals surface area contributed by atoms with Gasteiger partial charge >= 0.3 is 0 Å². The molecule has 0 radical (unpaired) electrons. The summed E-state index contributed by atoms with van der Waals surface area (Å²) in [6.45, 7) is 2.02. The van der Waals surface area contributed by atoms with Crippen LogP contribution >= 0.6 is 0 Å². The van der Waals surface area contributed by atoms with E-state index in [0.29, 0.717) is 0 Å². The van der Waals surface area contributed by atoms with Crippen molar-refractivity contribution in [2.45, 2.75) is 17.9 Å². The summed E-state index contributed by atoms with van der Waals surface area (Å²) in [5.74, 6) is 0. The molecular weight excluding hydrogens is 262 g/mol. The van der Waals surface area contributed by atoms with Crippen LogP contribution in [0.3, 0.4) is 0 Å². The zero-order chi connectivity index (χ0) is 13.9. The summed E-state index contributed by atoms with van der Waals surface area (Å²) in [4.78, 5) is -0.106. The molecule has 0 aliphatic rings. The van der Waals surface area contributed by atoms with E-state index < -0.39 is 10.1 Å². The van der Waals surface area contributed by atoms with Crippen LogP contribution in [0, 0.1) is 0 Å². The molecule has 2 rings (SSSR count). The molecule has 0 saturated carbocycles. The highest BCUT2D eigenvalue weighted by atomic mass is 32.2. The number of rotatable bonds is 4. The third kappa shape index (κ3) is 3.56. The van der Waals surface area contributed by atoms with E-state index in [1.165, 1.54) is 12.1 Å². The minimum absolute atomic E-state index is 0.106. The molecule has 2 aromatic rings. The Hall–Kier alpha value is -1.85. The second-order valence-electron chi connectivity index (χ2n) is 4.28. The van der Waals surface area contributed by atoms with Gasteiger partial charge in [0.15, 0.2) is 0 Å². The molecule has 0 saturated heterocycles. The Bertz CT molecular complexity index is 636. The molecule has 0 spiro atoms. The van der Waals surface area contributed by atoms with Gasteiger partial charge in [0.1, 0.15) is 0 Å². The molecule has 2 aromatic carbocycles. The van der Waals surface area contributed by atoms with Crippen LogP contribution in [0.5, 0.6) is 0 Å². The lowest BCUT2D eigenvalue weighted by atomic mass is 10.1. The normalized spacial score (nSPS) is 12.9. The maximum Gasteiger partial charge on any atom is 0.294 e. The summed E-state index contributed by atoms with van der Waals surface area (Å²) in [7, 11) is -4.13. The van der Waals surface area contributed by atoms with Crippen LogP contribution < -0.4 is 5.32 Å². The average Bonchev–Trinajstić information content (AvgIpc) is 2.39. The first kappa shape index (κ1) is 13.6. The van der Waals surface area contributed by atoms with Gasteiger partial charge < -0.3 is 5.32 Å². The first-order valence-electron chi connectivity index (χ1n) is 5.86. The van der Waals surface area contributed by atoms with Crippen molar-refractivity contribution in [3.63, 3.8) is 0 Å². The molecule has 2 N–H and O–H groups in total. The van der Waals surface area contributed by atoms with Crippen molar-refractivity contribution >= 4 is 15.8 Å². The molecule has 0 aliphatic carbocycles. The van der Waals surface area contributed by atoms with Gasteiger partial charge in [0, 0.05) is 11.7 Å². The molecule has 19 heavy (non-hydrogen) atoms. The predicted octanol–water partition coefficient (Wildman–Crippen LogP) is 3.11. The monoisotopic (exact) mass is 277 g/mol. The number of hydrogen-bond donors (Lipinski definition) is 2. The van der Waals surface area contributed by atoms with Crippen LogP contribution in [0.4, 0.5) is 5.69 Å². The lowest BCUT2D eigenvalue weighted by molar-refractivity contribution is 0.483. The maximum absolute atomic E-state index is 10.9. The van der Waals surface area contributed by atoms with Crippen molar-refractivity contribution < 1.29 is 13.0 Å². The first-order chi connectivity index (χ1) is 8.97. The fourth-order valence-electron chi connectivity index (χ4n) is 1.80. The zero-order valence-electron chi connectivity index (χ0n) is 10.4. The molecule has 0 aromatic heterocycles. The third-order valence-corrected chi connectivity index (χ3v) is 3.70. The molecule has 1 atom stereocenters. The van der Waals surface area contributed by atoms with Crippen molar-refractivity contribution in [3.8, 4) is 0 Å². The molecular formula is C14H15NO3S. The summed E-state index contributed by atoms with van der Waals surface area (Å²) in [6.07, 6.45) is 0. The molecule has 5 heteroatoms. The third-order valence-electron chi connectivity index (χ3n) is 2.83. The zero-order valence-corrected chi connectivity index (χ0v) is 11.3. The van der Waals surface area contributed by atoms with Crippen molar-refractivity contribution in [1.82, 2.24) is 0 Å². The van der Waals surface area contributed by atoms with Gasteiger partial charge in [0.25, 0.3) is 10.1 Å². The SMILES string of the molecule is CC(Nc1ccc(S(=O)(=O)O)cc1)c1ccccc1. The minimum atomic E-state index is -4.13. The number of anilines is 1. The fourth-order valence-corrected chi connectivity index (χ4v) is 2.28. The van der Waals surface area contributed by atoms with Gasteiger partial charge in [0.2, 0.25) is 0 Å². The van der Waals surface area contributed by atoms with E-state index in [2.05, 4.69) is 5.32 Å². The molecule has 100 valence electrons. The summed E-state index contributed by atoms with van der Waals surface area (Å²) >= 11 is 0. The average molecular weight is 277 g/mol. The Morgan fingerprint density at radius 3 is 2.11 bits per heavy atom. The predicted molar refractivity (Wildman–Crippen MR) is 74.7 cm³/mol. The largest absolute Gasteiger partial charge is 0.379 e. The fraction of sp³-hybridized carbons (Fsp3) is 0.143. The van der Waals surface area contributed by atoms with E-state index in [1.54, 1.807) is 12.1 Å². The van der Waals surface area contributed by atoms with Gasteiger partial charge in [0.05, 0.1) is 4.90 Å². The highest BCUT2D eigenvalue weighted by Crippen LogP contribution is 2.20. The molecule has 1 unspecified atom stereocenters. The Labute approximate surface area is 112 Å². The van der Waals surface area contributed by atoms with Crippen molar-refractivity contribution in [3.05, 3.63) is 60.2 Å². The Kier molecular flexibility index (Phi) is 3.87. The highest BCUT2D eigenvalue weighted by Gasteiger charge is 2.09. The lowest BCUT2D eigenvalue weighted by Gasteiger charge is -2.15. The van der Waals surface area contributed by atoms with Crippen LogP contribution in [-0.4, -0.2) is 13.0 Å². The molecule has 0 fully saturated rings. The van der Waals surface area contributed by atoms with Gasteiger partial charge in [-0.05, 0) is 36.8 Å². The molecule has 4 nitrogen and oxygen atoms in total. The van der Waals surface area contributed by atoms with E-state index in [4.69, 9.17) is 4.55 Å². The van der Waals surface area contributed by atoms with Gasteiger partial charge in [-0.15, -0.1) is 0 Å². The minimum Gasteiger partial charge on any atom is -0.379 e. The smallest absolute Gasteiger partial charge is 0.294 e. The van der Waals surface area contributed by atoms with E-state index >= 15 is 0 Å². The van der Waals surface area contributed by atoms with E-state index in [9.17, 15) is 8.42 Å². The summed E-state index contributed by atoms with van der Waals surface area (Å²) in [5.41, 5.74) is 1.94. The van der Waals surface area contributed by atoms with Crippen molar-refractivity contribution in [2.75, 3.05) is 5.32 Å². The van der Waals surface area contributed by atoms with Crippen LogP contribution in [-0.2, 0) is 10.1 Å². The van der Waals surface area contributed by atoms with Gasteiger partial charge in [-0.2, -0.15) is 8.42 Å². The van der Waals surface area contributed by atoms with Crippen LogP contribution in [0.2, 0.25) is 0 Å². The van der Waals surface area contributed by atoms with E-state index in [-0.39, 0.29) is 10.9 Å². The van der Waals surface area contributed by atoms with E-state index in [0.717, 1.165) is 11.3 Å². The Morgan fingerprint density at radius 1 is 1.00 bits per heavy atom. The van der Waals surface area contributed by atoms with E-state index in [1.807, 2.05) is 37.3 Å². The molecule has 0 bridgehead atoms. The van der Waals surface area contributed by atoms with Crippen LogP contribution in [0.25, 0.3) is 0 Å². The summed E-state index contributed by atoms with van der Waals surface area (Å²) in [5, 5.41) is 3.26.